The molecule has 0 aliphatic rings. The fourth-order valence-corrected chi connectivity index (χ4v) is 3.26. The summed E-state index contributed by atoms with van der Waals surface area (Å²) in [6.07, 6.45) is 0.796. The molecule has 23 heavy (non-hydrogen) atoms. The van der Waals surface area contributed by atoms with Crippen molar-refractivity contribution in [2.75, 3.05) is 17.7 Å². The fraction of sp³-hybridized carbons (Fsp3) is 0.200. The van der Waals surface area contributed by atoms with Crippen molar-refractivity contribution in [1.82, 2.24) is 0 Å². The van der Waals surface area contributed by atoms with Crippen LogP contribution in [0.4, 0.5) is 15.1 Å². The summed E-state index contributed by atoms with van der Waals surface area (Å²) >= 11 is 12.4. The minimum Gasteiger partial charge on any atom is -0.465 e. The Balaban J connectivity index is 2.14. The molecule has 0 unspecified atom stereocenters. The normalized spacial score (nSPS) is 10.3. The standard InChI is InChI=1S/C15H14ClFN2O2S2/c1-3-9-7-10(14(20)21-2)13(23-9)19-15(22)18-8-4-5-12(17)11(16)6-8/h4-7H,3H2,1-2H3,(H2,18,19,22). The van der Waals surface area contributed by atoms with Gasteiger partial charge in [0.2, 0.25) is 0 Å². The van der Waals surface area contributed by atoms with Crippen LogP contribution in [-0.4, -0.2) is 18.2 Å². The topological polar surface area (TPSA) is 50.4 Å². The Labute approximate surface area is 147 Å². The lowest BCUT2D eigenvalue weighted by Gasteiger charge is -2.10. The molecule has 0 atom stereocenters. The zero-order valence-electron chi connectivity index (χ0n) is 12.4. The predicted molar refractivity (Wildman–Crippen MR) is 96.3 cm³/mol. The third-order valence-electron chi connectivity index (χ3n) is 2.94. The summed E-state index contributed by atoms with van der Waals surface area (Å²) in [5.74, 6) is -0.939. The number of esters is 1. The lowest BCUT2D eigenvalue weighted by Crippen LogP contribution is -2.19. The van der Waals surface area contributed by atoms with Gasteiger partial charge in [0.15, 0.2) is 5.11 Å². The Bertz CT molecular complexity index is 749. The first-order valence-corrected chi connectivity index (χ1v) is 8.29. The maximum absolute atomic E-state index is 13.1. The highest BCUT2D eigenvalue weighted by atomic mass is 35.5. The number of rotatable bonds is 4. The van der Waals surface area contributed by atoms with Gasteiger partial charge in [0.25, 0.3) is 0 Å². The Morgan fingerprint density at radius 1 is 1.39 bits per heavy atom. The number of anilines is 2. The smallest absolute Gasteiger partial charge is 0.340 e. The molecule has 0 fully saturated rings. The summed E-state index contributed by atoms with van der Waals surface area (Å²) in [4.78, 5) is 12.8. The lowest BCUT2D eigenvalue weighted by atomic mass is 10.2. The predicted octanol–water partition coefficient (Wildman–Crippen LogP) is 4.70. The average Bonchev–Trinajstić information content (AvgIpc) is 2.93. The van der Waals surface area contributed by atoms with E-state index in [1.807, 2.05) is 6.92 Å². The molecule has 0 radical (unpaired) electrons. The van der Waals surface area contributed by atoms with Crippen molar-refractivity contribution >= 4 is 56.9 Å². The maximum Gasteiger partial charge on any atom is 0.340 e. The SMILES string of the molecule is CCc1cc(C(=O)OC)c(NC(=S)Nc2ccc(F)c(Cl)c2)s1. The van der Waals surface area contributed by atoms with Gasteiger partial charge in [-0.15, -0.1) is 11.3 Å². The van der Waals surface area contributed by atoms with E-state index in [1.165, 1.54) is 36.6 Å². The monoisotopic (exact) mass is 372 g/mol. The quantitative estimate of drug-likeness (QED) is 0.602. The summed E-state index contributed by atoms with van der Waals surface area (Å²) in [6.45, 7) is 1.99. The van der Waals surface area contributed by atoms with Crippen LogP contribution in [0.2, 0.25) is 5.02 Å². The van der Waals surface area contributed by atoms with Crippen molar-refractivity contribution in [3.8, 4) is 0 Å². The number of methoxy groups -OCH3 is 1. The van der Waals surface area contributed by atoms with Gasteiger partial charge in [0, 0.05) is 10.6 Å². The molecule has 0 spiro atoms. The number of hydrogen-bond donors (Lipinski definition) is 2. The van der Waals surface area contributed by atoms with Crippen LogP contribution in [0.5, 0.6) is 0 Å². The molecule has 1 aromatic heterocycles. The van der Waals surface area contributed by atoms with E-state index >= 15 is 0 Å². The molecule has 2 N–H and O–H groups in total. The fourth-order valence-electron chi connectivity index (χ4n) is 1.81. The van der Waals surface area contributed by atoms with Gasteiger partial charge in [0.05, 0.1) is 17.7 Å². The number of benzene rings is 1. The van der Waals surface area contributed by atoms with Gasteiger partial charge < -0.3 is 15.4 Å². The van der Waals surface area contributed by atoms with Crippen molar-refractivity contribution in [2.45, 2.75) is 13.3 Å². The lowest BCUT2D eigenvalue weighted by molar-refractivity contribution is 0.0602. The first kappa shape index (κ1) is 17.7. The Morgan fingerprint density at radius 2 is 2.13 bits per heavy atom. The van der Waals surface area contributed by atoms with Crippen LogP contribution in [0.15, 0.2) is 24.3 Å². The first-order valence-electron chi connectivity index (χ1n) is 6.68. The molecule has 2 aromatic rings. The molecule has 0 saturated carbocycles. The number of carbonyl (C=O) groups is 1. The van der Waals surface area contributed by atoms with Crippen molar-refractivity contribution in [3.63, 3.8) is 0 Å². The van der Waals surface area contributed by atoms with E-state index in [0.29, 0.717) is 16.3 Å². The second-order valence-electron chi connectivity index (χ2n) is 4.51. The van der Waals surface area contributed by atoms with Crippen molar-refractivity contribution in [1.29, 1.82) is 0 Å². The van der Waals surface area contributed by atoms with Gasteiger partial charge in [-0.3, -0.25) is 0 Å². The number of ether oxygens (including phenoxy) is 1. The van der Waals surface area contributed by atoms with Crippen LogP contribution in [0.1, 0.15) is 22.2 Å². The van der Waals surface area contributed by atoms with E-state index in [4.69, 9.17) is 28.6 Å². The van der Waals surface area contributed by atoms with Crippen molar-refractivity contribution in [2.24, 2.45) is 0 Å². The van der Waals surface area contributed by atoms with Crippen molar-refractivity contribution < 1.29 is 13.9 Å². The highest BCUT2D eigenvalue weighted by Crippen LogP contribution is 2.29. The molecule has 122 valence electrons. The van der Waals surface area contributed by atoms with Crippen LogP contribution in [-0.2, 0) is 11.2 Å². The molecule has 2 rings (SSSR count). The molecule has 0 aliphatic carbocycles. The minimum atomic E-state index is -0.505. The summed E-state index contributed by atoms with van der Waals surface area (Å²) in [5, 5.41) is 6.72. The Morgan fingerprint density at radius 3 is 2.74 bits per heavy atom. The van der Waals surface area contributed by atoms with Gasteiger partial charge >= 0.3 is 5.97 Å². The number of thiocarbonyl (C=S) groups is 1. The van der Waals surface area contributed by atoms with E-state index in [2.05, 4.69) is 10.6 Å². The average molecular weight is 373 g/mol. The first-order chi connectivity index (χ1) is 10.9. The third-order valence-corrected chi connectivity index (χ3v) is 4.63. The molecule has 1 heterocycles. The van der Waals surface area contributed by atoms with Crippen LogP contribution in [0.3, 0.4) is 0 Å². The molecular formula is C15H14ClFN2O2S2. The van der Waals surface area contributed by atoms with Gasteiger partial charge in [-0.25, -0.2) is 9.18 Å². The number of carbonyl (C=O) groups excluding carboxylic acids is 1. The molecule has 4 nitrogen and oxygen atoms in total. The number of nitrogens with one attached hydrogen (secondary N) is 2. The third kappa shape index (κ3) is 4.40. The van der Waals surface area contributed by atoms with Crippen LogP contribution in [0.25, 0.3) is 0 Å². The summed E-state index contributed by atoms with van der Waals surface area (Å²) < 4.78 is 17.9. The number of thiophene rings is 1. The van der Waals surface area contributed by atoms with Crippen LogP contribution < -0.4 is 10.6 Å². The van der Waals surface area contributed by atoms with Gasteiger partial charge in [-0.05, 0) is 42.9 Å². The summed E-state index contributed by atoms with van der Waals surface area (Å²) in [5.41, 5.74) is 0.969. The van der Waals surface area contributed by atoms with E-state index in [1.54, 1.807) is 6.07 Å². The second kappa shape index (κ2) is 7.72. The number of halogens is 2. The molecular weight excluding hydrogens is 359 g/mol. The Hall–Kier alpha value is -1.70. The molecule has 1 aromatic carbocycles. The molecule has 0 saturated heterocycles. The van der Waals surface area contributed by atoms with Crippen LogP contribution in [0, 0.1) is 5.82 Å². The Kier molecular flexibility index (Phi) is 5.92. The zero-order chi connectivity index (χ0) is 17.0. The van der Waals surface area contributed by atoms with E-state index in [-0.39, 0.29) is 10.1 Å². The highest BCUT2D eigenvalue weighted by molar-refractivity contribution is 7.80. The van der Waals surface area contributed by atoms with E-state index in [0.717, 1.165) is 11.3 Å². The van der Waals surface area contributed by atoms with E-state index in [9.17, 15) is 9.18 Å². The van der Waals surface area contributed by atoms with Crippen molar-refractivity contribution in [3.05, 3.63) is 45.5 Å². The van der Waals surface area contributed by atoms with Gasteiger partial charge in [-0.2, -0.15) is 0 Å². The summed E-state index contributed by atoms with van der Waals surface area (Å²) in [7, 11) is 1.33. The largest absolute Gasteiger partial charge is 0.465 e. The van der Waals surface area contributed by atoms with E-state index < -0.39 is 11.8 Å². The molecule has 0 bridgehead atoms. The zero-order valence-corrected chi connectivity index (χ0v) is 14.8. The molecule has 8 heteroatoms. The second-order valence-corrected chi connectivity index (χ2v) is 6.46. The molecule has 0 aliphatic heterocycles. The number of aryl methyl sites for hydroxylation is 1. The summed E-state index contributed by atoms with van der Waals surface area (Å²) in [6, 6.07) is 5.96. The van der Waals surface area contributed by atoms with Gasteiger partial charge in [0.1, 0.15) is 10.8 Å². The maximum atomic E-state index is 13.1. The number of hydrogen-bond acceptors (Lipinski definition) is 4. The molecule has 0 amide bonds. The highest BCUT2D eigenvalue weighted by Gasteiger charge is 2.17. The van der Waals surface area contributed by atoms with Gasteiger partial charge in [-0.1, -0.05) is 18.5 Å². The minimum absolute atomic E-state index is 0.00237. The van der Waals surface area contributed by atoms with Crippen LogP contribution >= 0.6 is 35.2 Å².